The minimum atomic E-state index is -4.95. The summed E-state index contributed by atoms with van der Waals surface area (Å²) in [5.41, 5.74) is -3.31. The molecule has 1 aromatic carbocycles. The molecule has 1 amide bonds. The highest BCUT2D eigenvalue weighted by Gasteiger charge is 2.63. The van der Waals surface area contributed by atoms with Crippen molar-refractivity contribution >= 4 is 29.3 Å². The lowest BCUT2D eigenvalue weighted by atomic mass is 9.74. The molecule has 3 atom stereocenters. The van der Waals surface area contributed by atoms with Crippen molar-refractivity contribution in [2.24, 2.45) is 22.7 Å². The standard InChI is InChI=1S/C29H32ClF4N3O4/c1-27(2)18-11-16(12-19(18)27)36(14-22(38)23-20(30)5-4-6-21(23)31)25(39)17-13-35-37(24(17)29(32,33)34)15-7-9-28(3,10-8-15)26(40)41/h4-6,13,15-16,18-19H,7-12,14H2,1-3H3,(H,40,41)/t15?,16-,18+,19-,28?. The van der Waals surface area contributed by atoms with E-state index in [1.165, 1.54) is 12.1 Å². The van der Waals surface area contributed by atoms with Gasteiger partial charge in [-0.25, -0.2) is 4.39 Å². The lowest BCUT2D eigenvalue weighted by Crippen LogP contribution is -2.44. The van der Waals surface area contributed by atoms with Crippen molar-refractivity contribution in [3.63, 3.8) is 0 Å². The molecule has 7 nitrogen and oxygen atoms in total. The molecule has 1 N–H and O–H groups in total. The van der Waals surface area contributed by atoms with Crippen LogP contribution in [0.15, 0.2) is 24.4 Å². The lowest BCUT2D eigenvalue weighted by Gasteiger charge is -2.35. The van der Waals surface area contributed by atoms with Gasteiger partial charge in [-0.05, 0) is 74.8 Å². The van der Waals surface area contributed by atoms with E-state index in [4.69, 9.17) is 11.6 Å². The van der Waals surface area contributed by atoms with Crippen molar-refractivity contribution in [2.45, 2.75) is 77.6 Å². The van der Waals surface area contributed by atoms with Gasteiger partial charge >= 0.3 is 12.1 Å². The number of nitrogens with zero attached hydrogens (tertiary/aromatic N) is 3. The number of hydrogen-bond donors (Lipinski definition) is 1. The molecule has 0 bridgehead atoms. The minimum absolute atomic E-state index is 0.0531. The van der Waals surface area contributed by atoms with E-state index in [0.717, 1.165) is 21.8 Å². The average Bonchev–Trinajstić information content (AvgIpc) is 3.30. The van der Waals surface area contributed by atoms with E-state index < -0.39 is 70.5 Å². The molecular formula is C29H32ClF4N3O4. The van der Waals surface area contributed by atoms with Gasteiger partial charge in [0, 0.05) is 6.04 Å². The fraction of sp³-hybridized carbons (Fsp3) is 0.586. The highest BCUT2D eigenvalue weighted by Crippen LogP contribution is 2.67. The molecule has 3 aliphatic carbocycles. The Kier molecular flexibility index (Phi) is 7.28. The molecule has 1 heterocycles. The maximum absolute atomic E-state index is 14.5. The van der Waals surface area contributed by atoms with Gasteiger partial charge in [0.1, 0.15) is 5.82 Å². The second-order valence-corrected chi connectivity index (χ2v) is 13.0. The summed E-state index contributed by atoms with van der Waals surface area (Å²) in [5, 5.41) is 13.3. The number of Topliss-reactive ketones (excluding diaryl/α,β-unsaturated/α-hetero) is 1. The molecule has 0 saturated heterocycles. The van der Waals surface area contributed by atoms with Crippen LogP contribution in [0, 0.1) is 28.5 Å². The molecule has 41 heavy (non-hydrogen) atoms. The Morgan fingerprint density at radius 3 is 2.27 bits per heavy atom. The second kappa shape index (κ2) is 10.1. The summed E-state index contributed by atoms with van der Waals surface area (Å²) in [7, 11) is 0. The first-order valence-electron chi connectivity index (χ1n) is 13.7. The molecule has 0 radical (unpaired) electrons. The summed E-state index contributed by atoms with van der Waals surface area (Å²) in [4.78, 5) is 39.9. The van der Waals surface area contributed by atoms with E-state index in [1.54, 1.807) is 6.92 Å². The topological polar surface area (TPSA) is 92.5 Å². The number of hydrogen-bond acceptors (Lipinski definition) is 4. The van der Waals surface area contributed by atoms with Crippen molar-refractivity contribution in [1.82, 2.24) is 14.7 Å². The summed E-state index contributed by atoms with van der Waals surface area (Å²) in [6.45, 7) is 5.13. The smallest absolute Gasteiger partial charge is 0.433 e. The number of carboxylic acid groups (broad SMARTS) is 1. The third-order valence-electron chi connectivity index (χ3n) is 9.81. The SMILES string of the molecule is CC1(C(=O)O)CCC(n2ncc(C(=O)N(CC(=O)c3c(F)cccc3Cl)[C@H]3C[C@@H]4[C@H](C3)C4(C)C)c2C(F)(F)F)CC1. The maximum atomic E-state index is 14.5. The number of ketones is 1. The number of aliphatic carboxylic acids is 1. The zero-order chi connectivity index (χ0) is 30.1. The number of rotatable bonds is 7. The number of carbonyl (C=O) groups is 3. The van der Waals surface area contributed by atoms with Crippen LogP contribution in [0.3, 0.4) is 0 Å². The van der Waals surface area contributed by atoms with Crippen LogP contribution in [0.2, 0.25) is 5.02 Å². The van der Waals surface area contributed by atoms with Gasteiger partial charge in [-0.3, -0.25) is 19.1 Å². The Bertz CT molecular complexity index is 1360. The van der Waals surface area contributed by atoms with Crippen molar-refractivity contribution in [1.29, 1.82) is 0 Å². The Balaban J connectivity index is 1.48. The van der Waals surface area contributed by atoms with Gasteiger partial charge in [0.2, 0.25) is 0 Å². The zero-order valence-electron chi connectivity index (χ0n) is 23.0. The fourth-order valence-electron chi connectivity index (χ4n) is 7.03. The molecule has 5 rings (SSSR count). The summed E-state index contributed by atoms with van der Waals surface area (Å²) >= 11 is 6.08. The fourth-order valence-corrected chi connectivity index (χ4v) is 7.29. The molecule has 0 aliphatic heterocycles. The van der Waals surface area contributed by atoms with E-state index in [1.807, 2.05) is 0 Å². The summed E-state index contributed by atoms with van der Waals surface area (Å²) in [6.07, 6.45) is -2.40. The molecule has 1 aromatic heterocycles. The van der Waals surface area contributed by atoms with Gasteiger partial charge in [-0.15, -0.1) is 0 Å². The number of benzene rings is 1. The van der Waals surface area contributed by atoms with Crippen LogP contribution in [0.4, 0.5) is 17.6 Å². The highest BCUT2D eigenvalue weighted by atomic mass is 35.5. The van der Waals surface area contributed by atoms with E-state index in [0.29, 0.717) is 12.8 Å². The number of halogens is 5. The summed E-state index contributed by atoms with van der Waals surface area (Å²) in [6, 6.07) is 2.48. The normalized spacial score (nSPS) is 28.7. The predicted octanol–water partition coefficient (Wildman–Crippen LogP) is 6.66. The van der Waals surface area contributed by atoms with Gasteiger partial charge in [0.15, 0.2) is 11.5 Å². The van der Waals surface area contributed by atoms with Crippen molar-refractivity contribution in [2.75, 3.05) is 6.54 Å². The first kappa shape index (κ1) is 29.5. The number of alkyl halides is 3. The van der Waals surface area contributed by atoms with Gasteiger partial charge in [-0.2, -0.15) is 18.3 Å². The van der Waals surface area contributed by atoms with E-state index >= 15 is 0 Å². The first-order valence-corrected chi connectivity index (χ1v) is 14.1. The molecule has 2 aromatic rings. The Hall–Kier alpha value is -2.95. The molecule has 12 heteroatoms. The monoisotopic (exact) mass is 597 g/mol. The van der Waals surface area contributed by atoms with Crippen LogP contribution in [0.25, 0.3) is 0 Å². The second-order valence-electron chi connectivity index (χ2n) is 12.6. The van der Waals surface area contributed by atoms with Crippen LogP contribution in [0.5, 0.6) is 0 Å². The molecule has 222 valence electrons. The Labute approximate surface area is 239 Å². The Morgan fingerprint density at radius 2 is 1.73 bits per heavy atom. The van der Waals surface area contributed by atoms with E-state index in [2.05, 4.69) is 18.9 Å². The summed E-state index contributed by atoms with van der Waals surface area (Å²) < 4.78 is 58.9. The van der Waals surface area contributed by atoms with Gasteiger partial charge in [0.25, 0.3) is 5.91 Å². The number of fused-ring (bicyclic) bond motifs is 1. The zero-order valence-corrected chi connectivity index (χ0v) is 23.7. The number of amides is 1. The Morgan fingerprint density at radius 1 is 1.12 bits per heavy atom. The highest BCUT2D eigenvalue weighted by molar-refractivity contribution is 6.34. The van der Waals surface area contributed by atoms with Crippen LogP contribution < -0.4 is 0 Å². The van der Waals surface area contributed by atoms with Gasteiger partial charge in [-0.1, -0.05) is 31.5 Å². The third kappa shape index (κ3) is 5.15. The van der Waals surface area contributed by atoms with E-state index in [9.17, 15) is 37.1 Å². The lowest BCUT2D eigenvalue weighted by molar-refractivity contribution is -0.152. The van der Waals surface area contributed by atoms with Gasteiger partial charge < -0.3 is 10.0 Å². The van der Waals surface area contributed by atoms with Gasteiger partial charge in [0.05, 0.1) is 40.3 Å². The van der Waals surface area contributed by atoms with Crippen molar-refractivity contribution in [3.05, 3.63) is 52.1 Å². The molecule has 3 fully saturated rings. The average molecular weight is 598 g/mol. The van der Waals surface area contributed by atoms with E-state index in [-0.39, 0.29) is 48.0 Å². The first-order chi connectivity index (χ1) is 19.1. The molecular weight excluding hydrogens is 566 g/mol. The number of aromatic nitrogens is 2. The molecule has 0 unspecified atom stereocenters. The molecule has 3 aliphatic rings. The van der Waals surface area contributed by atoms with Crippen LogP contribution in [0.1, 0.15) is 91.7 Å². The van der Waals surface area contributed by atoms with Crippen molar-refractivity contribution in [3.8, 4) is 0 Å². The molecule has 3 saturated carbocycles. The maximum Gasteiger partial charge on any atom is 0.433 e. The van der Waals surface area contributed by atoms with Crippen molar-refractivity contribution < 1.29 is 37.1 Å². The minimum Gasteiger partial charge on any atom is -0.481 e. The summed E-state index contributed by atoms with van der Waals surface area (Å²) in [5.74, 6) is -3.14. The molecule has 0 spiro atoms. The number of carbonyl (C=O) groups excluding carboxylic acids is 2. The number of carboxylic acids is 1. The van der Waals surface area contributed by atoms with Crippen LogP contribution >= 0.6 is 11.6 Å². The largest absolute Gasteiger partial charge is 0.481 e. The predicted molar refractivity (Wildman–Crippen MR) is 141 cm³/mol. The van der Waals surface area contributed by atoms with Crippen LogP contribution in [-0.4, -0.2) is 50.0 Å². The quantitative estimate of drug-likeness (QED) is 0.285. The van der Waals surface area contributed by atoms with Crippen LogP contribution in [-0.2, 0) is 11.0 Å². The third-order valence-corrected chi connectivity index (χ3v) is 10.1.